The molecule has 5 nitrogen and oxygen atoms in total. The summed E-state index contributed by atoms with van der Waals surface area (Å²) >= 11 is 1.61. The van der Waals surface area contributed by atoms with E-state index in [1.54, 1.807) is 17.5 Å². The highest BCUT2D eigenvalue weighted by molar-refractivity contribution is 7.09. The number of likely N-dealkylation sites (tertiary alicyclic amines) is 1. The highest BCUT2D eigenvalue weighted by Crippen LogP contribution is 2.22. The second kappa shape index (κ2) is 7.05. The zero-order chi connectivity index (χ0) is 15.4. The van der Waals surface area contributed by atoms with E-state index in [0.29, 0.717) is 12.5 Å². The smallest absolute Gasteiger partial charge is 0.228 e. The number of carbonyl (C=O) groups is 1. The first-order valence-electron chi connectivity index (χ1n) is 7.88. The molecule has 3 heterocycles. The largest absolute Gasteiger partial charge is 0.339 e. The van der Waals surface area contributed by atoms with E-state index in [4.69, 9.17) is 0 Å². The summed E-state index contributed by atoms with van der Waals surface area (Å²) in [5.41, 5.74) is 0.909. The van der Waals surface area contributed by atoms with Crippen molar-refractivity contribution >= 4 is 17.2 Å². The number of aromatic nitrogens is 3. The Bertz CT molecular complexity index is 607. The average molecular weight is 318 g/mol. The molecule has 0 radical (unpaired) electrons. The summed E-state index contributed by atoms with van der Waals surface area (Å²) < 4.78 is 2.08. The van der Waals surface area contributed by atoms with Crippen LogP contribution in [0.5, 0.6) is 0 Å². The van der Waals surface area contributed by atoms with Crippen LogP contribution >= 0.6 is 11.3 Å². The van der Waals surface area contributed by atoms with E-state index in [1.165, 1.54) is 6.42 Å². The van der Waals surface area contributed by atoms with Crippen LogP contribution in [-0.2, 0) is 17.8 Å². The number of amides is 1. The Hall–Kier alpha value is -1.69. The highest BCUT2D eigenvalue weighted by Gasteiger charge is 2.26. The van der Waals surface area contributed by atoms with Crippen molar-refractivity contribution in [3.8, 4) is 0 Å². The second-order valence-electron chi connectivity index (χ2n) is 5.86. The molecule has 0 aromatic carbocycles. The molecular weight excluding hydrogens is 296 g/mol. The second-order valence-corrected chi connectivity index (χ2v) is 6.92. The number of rotatable bonds is 5. The van der Waals surface area contributed by atoms with Crippen molar-refractivity contribution in [2.75, 3.05) is 6.54 Å². The van der Waals surface area contributed by atoms with Gasteiger partial charge in [0.1, 0.15) is 0 Å². The lowest BCUT2D eigenvalue weighted by Crippen LogP contribution is -2.44. The van der Waals surface area contributed by atoms with Crippen molar-refractivity contribution in [3.05, 3.63) is 34.8 Å². The Morgan fingerprint density at radius 2 is 2.36 bits per heavy atom. The molecule has 2 aromatic heterocycles. The fourth-order valence-corrected chi connectivity index (χ4v) is 3.70. The van der Waals surface area contributed by atoms with Crippen LogP contribution in [0.15, 0.2) is 24.1 Å². The van der Waals surface area contributed by atoms with Gasteiger partial charge < -0.3 is 9.47 Å². The van der Waals surface area contributed by atoms with Crippen molar-refractivity contribution in [1.29, 1.82) is 0 Å². The monoisotopic (exact) mass is 318 g/mol. The van der Waals surface area contributed by atoms with Crippen LogP contribution in [-0.4, -0.2) is 37.9 Å². The summed E-state index contributed by atoms with van der Waals surface area (Å²) in [6, 6.07) is 0.350. The molecule has 0 bridgehead atoms. The molecule has 1 unspecified atom stereocenters. The number of imidazole rings is 1. The predicted molar refractivity (Wildman–Crippen MR) is 86.8 cm³/mol. The van der Waals surface area contributed by atoms with Crippen molar-refractivity contribution in [1.82, 2.24) is 19.4 Å². The summed E-state index contributed by atoms with van der Waals surface area (Å²) in [5, 5.41) is 3.02. The number of carbonyl (C=O) groups excluding carboxylic acids is 1. The Labute approximate surface area is 135 Å². The lowest BCUT2D eigenvalue weighted by atomic mass is 9.98. The van der Waals surface area contributed by atoms with Gasteiger partial charge in [0.2, 0.25) is 5.91 Å². The molecule has 2 aromatic rings. The van der Waals surface area contributed by atoms with E-state index in [2.05, 4.69) is 19.4 Å². The fraction of sp³-hybridized carbons (Fsp3) is 0.562. The van der Waals surface area contributed by atoms with Crippen LogP contribution in [0.3, 0.4) is 0 Å². The fourth-order valence-electron chi connectivity index (χ4n) is 3.09. The van der Waals surface area contributed by atoms with Gasteiger partial charge in [0, 0.05) is 36.9 Å². The molecule has 1 fully saturated rings. The molecular formula is C16H22N4OS. The number of hydrogen-bond acceptors (Lipinski definition) is 4. The molecule has 1 aliphatic rings. The van der Waals surface area contributed by atoms with E-state index in [9.17, 15) is 4.79 Å². The maximum atomic E-state index is 12.6. The third-order valence-electron chi connectivity index (χ3n) is 4.23. The highest BCUT2D eigenvalue weighted by atomic mass is 32.1. The van der Waals surface area contributed by atoms with Gasteiger partial charge in [0.25, 0.3) is 0 Å². The maximum absolute atomic E-state index is 12.6. The first-order valence-corrected chi connectivity index (χ1v) is 8.76. The van der Waals surface area contributed by atoms with E-state index < -0.39 is 0 Å². The van der Waals surface area contributed by atoms with Gasteiger partial charge in [-0.05, 0) is 32.6 Å². The summed E-state index contributed by atoms with van der Waals surface area (Å²) in [4.78, 5) is 23.2. The lowest BCUT2D eigenvalue weighted by Gasteiger charge is -2.36. The normalized spacial score (nSPS) is 18.6. The molecule has 1 aliphatic heterocycles. The molecule has 0 aliphatic carbocycles. The molecule has 6 heteroatoms. The van der Waals surface area contributed by atoms with Crippen molar-refractivity contribution in [3.63, 3.8) is 0 Å². The minimum Gasteiger partial charge on any atom is -0.339 e. The van der Waals surface area contributed by atoms with Gasteiger partial charge in [-0.25, -0.2) is 9.97 Å². The quantitative estimate of drug-likeness (QED) is 0.851. The van der Waals surface area contributed by atoms with Crippen LogP contribution in [0.2, 0.25) is 0 Å². The van der Waals surface area contributed by atoms with Gasteiger partial charge in [-0.1, -0.05) is 0 Å². The molecule has 1 saturated heterocycles. The van der Waals surface area contributed by atoms with E-state index >= 15 is 0 Å². The van der Waals surface area contributed by atoms with Gasteiger partial charge in [0.15, 0.2) is 0 Å². The predicted octanol–water partition coefficient (Wildman–Crippen LogP) is 2.66. The molecule has 3 rings (SSSR count). The average Bonchev–Trinajstić information content (AvgIpc) is 3.17. The van der Waals surface area contributed by atoms with Crippen molar-refractivity contribution in [2.24, 2.45) is 0 Å². The van der Waals surface area contributed by atoms with Gasteiger partial charge in [-0.2, -0.15) is 0 Å². The Balaban J connectivity index is 1.60. The Morgan fingerprint density at radius 3 is 3.09 bits per heavy atom. The maximum Gasteiger partial charge on any atom is 0.228 e. The summed E-state index contributed by atoms with van der Waals surface area (Å²) in [7, 11) is 0. The minimum atomic E-state index is 0.223. The molecule has 1 atom stereocenters. The van der Waals surface area contributed by atoms with Gasteiger partial charge in [-0.15, -0.1) is 11.3 Å². The van der Waals surface area contributed by atoms with Crippen LogP contribution < -0.4 is 0 Å². The van der Waals surface area contributed by atoms with Gasteiger partial charge in [-0.3, -0.25) is 4.79 Å². The summed E-state index contributed by atoms with van der Waals surface area (Å²) in [6.07, 6.45) is 10.5. The standard InChI is InChI=1S/C16H22N4OS/c1-13-18-14(11-22-13)10-16(21)20-7-3-2-4-15(20)5-8-19-9-6-17-12-19/h6,9,11-12,15H,2-5,7-8,10H2,1H3. The first-order chi connectivity index (χ1) is 10.7. The van der Waals surface area contributed by atoms with Crippen LogP contribution in [0.4, 0.5) is 0 Å². The lowest BCUT2D eigenvalue weighted by molar-refractivity contribution is -0.134. The molecule has 0 saturated carbocycles. The van der Waals surface area contributed by atoms with E-state index in [1.807, 2.05) is 24.8 Å². The molecule has 118 valence electrons. The van der Waals surface area contributed by atoms with Crippen LogP contribution in [0.25, 0.3) is 0 Å². The van der Waals surface area contributed by atoms with E-state index in [-0.39, 0.29) is 5.91 Å². The minimum absolute atomic E-state index is 0.223. The SMILES string of the molecule is Cc1nc(CC(=O)N2CCCCC2CCn2ccnc2)cs1. The zero-order valence-corrected chi connectivity index (χ0v) is 13.8. The number of aryl methyl sites for hydroxylation is 2. The Morgan fingerprint density at radius 1 is 1.45 bits per heavy atom. The molecule has 0 N–H and O–H groups in total. The van der Waals surface area contributed by atoms with Crippen LogP contribution in [0, 0.1) is 6.92 Å². The number of thiazole rings is 1. The van der Waals surface area contributed by atoms with Crippen molar-refractivity contribution < 1.29 is 4.79 Å². The third-order valence-corrected chi connectivity index (χ3v) is 5.05. The number of nitrogens with zero attached hydrogens (tertiary/aromatic N) is 4. The first kappa shape index (κ1) is 15.2. The van der Waals surface area contributed by atoms with Gasteiger partial charge >= 0.3 is 0 Å². The molecule has 22 heavy (non-hydrogen) atoms. The third kappa shape index (κ3) is 3.74. The molecule has 1 amide bonds. The zero-order valence-electron chi connectivity index (χ0n) is 12.9. The van der Waals surface area contributed by atoms with Crippen molar-refractivity contribution in [2.45, 2.75) is 51.6 Å². The topological polar surface area (TPSA) is 51.0 Å². The number of piperidine rings is 1. The molecule has 0 spiro atoms. The van der Waals surface area contributed by atoms with Crippen LogP contribution in [0.1, 0.15) is 36.4 Å². The summed E-state index contributed by atoms with van der Waals surface area (Å²) in [5.74, 6) is 0.223. The van der Waals surface area contributed by atoms with Gasteiger partial charge in [0.05, 0.1) is 23.4 Å². The summed E-state index contributed by atoms with van der Waals surface area (Å²) in [6.45, 7) is 3.79. The Kier molecular flexibility index (Phi) is 4.87. The van der Waals surface area contributed by atoms with E-state index in [0.717, 1.165) is 43.1 Å². The number of hydrogen-bond donors (Lipinski definition) is 0.